The molecule has 0 aliphatic carbocycles. The Kier molecular flexibility index (Phi) is 4.72. The zero-order valence-corrected chi connectivity index (χ0v) is 9.13. The minimum atomic E-state index is -0.403. The summed E-state index contributed by atoms with van der Waals surface area (Å²) in [6.45, 7) is 2.47. The monoisotopic (exact) mass is 226 g/mol. The zero-order chi connectivity index (χ0) is 12.0. The van der Waals surface area contributed by atoms with Crippen LogP contribution in [0.5, 0.6) is 5.75 Å². The summed E-state index contributed by atoms with van der Waals surface area (Å²) < 4.78 is 18.2. The first-order chi connectivity index (χ1) is 7.67. The molecule has 0 bridgehead atoms. The Bertz CT molecular complexity index is 369. The van der Waals surface area contributed by atoms with E-state index in [0.29, 0.717) is 18.0 Å². The first-order valence-corrected chi connectivity index (χ1v) is 5.09. The van der Waals surface area contributed by atoms with Crippen molar-refractivity contribution >= 4 is 11.6 Å². The summed E-state index contributed by atoms with van der Waals surface area (Å²) in [5.41, 5.74) is 5.71. The molecule has 0 radical (unpaired) electrons. The first kappa shape index (κ1) is 12.4. The highest BCUT2D eigenvalue weighted by molar-refractivity contribution is 5.92. The third-order valence-electron chi connectivity index (χ3n) is 1.89. The number of halogens is 1. The van der Waals surface area contributed by atoms with Gasteiger partial charge in [-0.25, -0.2) is 4.39 Å². The molecule has 1 aromatic rings. The van der Waals surface area contributed by atoms with Crippen molar-refractivity contribution in [1.29, 1.82) is 0 Å². The van der Waals surface area contributed by atoms with Gasteiger partial charge in [-0.2, -0.15) is 0 Å². The van der Waals surface area contributed by atoms with E-state index in [2.05, 4.69) is 5.32 Å². The van der Waals surface area contributed by atoms with Crippen molar-refractivity contribution < 1.29 is 13.9 Å². The Balaban J connectivity index is 2.81. The fraction of sp³-hybridized carbons (Fsp3) is 0.364. The Labute approximate surface area is 93.6 Å². The lowest BCUT2D eigenvalue weighted by Gasteiger charge is -2.11. The molecular weight excluding hydrogens is 211 g/mol. The molecule has 0 aromatic heterocycles. The minimum absolute atomic E-state index is 0.213. The van der Waals surface area contributed by atoms with Gasteiger partial charge in [-0.1, -0.05) is 0 Å². The van der Waals surface area contributed by atoms with Crippen LogP contribution in [0, 0.1) is 5.82 Å². The van der Waals surface area contributed by atoms with Crippen LogP contribution >= 0.6 is 0 Å². The van der Waals surface area contributed by atoms with E-state index < -0.39 is 5.82 Å². The maximum atomic E-state index is 12.9. The molecule has 16 heavy (non-hydrogen) atoms. The van der Waals surface area contributed by atoms with Crippen LogP contribution in [-0.2, 0) is 4.79 Å². The maximum Gasteiger partial charge on any atom is 0.225 e. The topological polar surface area (TPSA) is 64.3 Å². The molecule has 0 aliphatic rings. The van der Waals surface area contributed by atoms with E-state index in [0.717, 1.165) is 0 Å². The number of ether oxygens (including phenoxy) is 1. The Morgan fingerprint density at radius 2 is 2.31 bits per heavy atom. The van der Waals surface area contributed by atoms with Crippen LogP contribution in [0.25, 0.3) is 0 Å². The van der Waals surface area contributed by atoms with E-state index in [1.807, 2.05) is 0 Å². The van der Waals surface area contributed by atoms with Gasteiger partial charge in [-0.15, -0.1) is 0 Å². The molecule has 0 fully saturated rings. The van der Waals surface area contributed by atoms with Crippen molar-refractivity contribution in [3.63, 3.8) is 0 Å². The molecule has 3 N–H and O–H groups in total. The molecule has 0 saturated carbocycles. The number of nitrogens with one attached hydrogen (secondary N) is 1. The number of benzene rings is 1. The van der Waals surface area contributed by atoms with Crippen LogP contribution in [0.4, 0.5) is 10.1 Å². The molecule has 88 valence electrons. The van der Waals surface area contributed by atoms with Gasteiger partial charge >= 0.3 is 0 Å². The highest BCUT2D eigenvalue weighted by Gasteiger charge is 2.08. The molecule has 0 heterocycles. The molecule has 0 unspecified atom stereocenters. The number of nitrogens with two attached hydrogens (primary N) is 1. The Hall–Kier alpha value is -1.62. The molecule has 0 saturated heterocycles. The van der Waals surface area contributed by atoms with Gasteiger partial charge in [0.25, 0.3) is 0 Å². The summed E-state index contributed by atoms with van der Waals surface area (Å²) in [6, 6.07) is 3.97. The van der Waals surface area contributed by atoms with Crippen LogP contribution in [-0.4, -0.2) is 19.1 Å². The highest BCUT2D eigenvalue weighted by atomic mass is 19.1. The largest absolute Gasteiger partial charge is 0.492 e. The summed E-state index contributed by atoms with van der Waals surface area (Å²) in [4.78, 5) is 11.3. The fourth-order valence-corrected chi connectivity index (χ4v) is 1.22. The fourth-order valence-electron chi connectivity index (χ4n) is 1.22. The summed E-state index contributed by atoms with van der Waals surface area (Å²) in [6.07, 6.45) is 0.225. The van der Waals surface area contributed by atoms with E-state index in [9.17, 15) is 9.18 Å². The third-order valence-corrected chi connectivity index (χ3v) is 1.89. The summed E-state index contributed by atoms with van der Waals surface area (Å²) in [7, 11) is 0. The standard InChI is InChI=1S/C11H15FN2O2/c1-2-16-10-7-8(12)3-4-9(10)14-11(15)5-6-13/h3-4,7H,2,5-6,13H2,1H3,(H,14,15). The van der Waals surface area contributed by atoms with Gasteiger partial charge in [0.05, 0.1) is 12.3 Å². The number of hydrogen-bond acceptors (Lipinski definition) is 3. The van der Waals surface area contributed by atoms with Gasteiger partial charge in [-0.3, -0.25) is 4.79 Å². The van der Waals surface area contributed by atoms with Gasteiger partial charge in [0.15, 0.2) is 0 Å². The quantitative estimate of drug-likeness (QED) is 0.799. The highest BCUT2D eigenvalue weighted by Crippen LogP contribution is 2.25. The molecule has 1 rings (SSSR count). The van der Waals surface area contributed by atoms with Gasteiger partial charge in [0.1, 0.15) is 11.6 Å². The zero-order valence-electron chi connectivity index (χ0n) is 9.13. The van der Waals surface area contributed by atoms with Crippen LogP contribution in [0.15, 0.2) is 18.2 Å². The van der Waals surface area contributed by atoms with Crippen LogP contribution in [0.2, 0.25) is 0 Å². The van der Waals surface area contributed by atoms with E-state index in [1.165, 1.54) is 18.2 Å². The number of anilines is 1. The van der Waals surface area contributed by atoms with Crippen molar-refractivity contribution in [1.82, 2.24) is 0 Å². The van der Waals surface area contributed by atoms with Gasteiger partial charge in [0, 0.05) is 19.0 Å². The second-order valence-electron chi connectivity index (χ2n) is 3.16. The molecule has 4 nitrogen and oxygen atoms in total. The minimum Gasteiger partial charge on any atom is -0.492 e. The van der Waals surface area contributed by atoms with Crippen molar-refractivity contribution in [2.24, 2.45) is 5.73 Å². The molecule has 0 spiro atoms. The number of hydrogen-bond donors (Lipinski definition) is 2. The Morgan fingerprint density at radius 3 is 2.94 bits per heavy atom. The van der Waals surface area contributed by atoms with Gasteiger partial charge in [-0.05, 0) is 19.1 Å². The summed E-state index contributed by atoms with van der Waals surface area (Å²) in [5.74, 6) is -0.289. The van der Waals surface area contributed by atoms with Crippen LogP contribution in [0.3, 0.4) is 0 Å². The molecule has 0 aliphatic heterocycles. The Morgan fingerprint density at radius 1 is 1.56 bits per heavy atom. The van der Waals surface area contributed by atoms with Crippen molar-refractivity contribution in [2.75, 3.05) is 18.5 Å². The lowest BCUT2D eigenvalue weighted by molar-refractivity contribution is -0.116. The smallest absolute Gasteiger partial charge is 0.225 e. The molecule has 5 heteroatoms. The molecule has 1 amide bonds. The van der Waals surface area contributed by atoms with Gasteiger partial charge < -0.3 is 15.8 Å². The molecule has 1 aromatic carbocycles. The van der Waals surface area contributed by atoms with Gasteiger partial charge in [0.2, 0.25) is 5.91 Å². The average molecular weight is 226 g/mol. The van der Waals surface area contributed by atoms with E-state index in [-0.39, 0.29) is 18.9 Å². The lowest BCUT2D eigenvalue weighted by atomic mass is 10.2. The van der Waals surface area contributed by atoms with Crippen molar-refractivity contribution in [3.05, 3.63) is 24.0 Å². The predicted molar refractivity (Wildman–Crippen MR) is 59.9 cm³/mol. The SMILES string of the molecule is CCOc1cc(F)ccc1NC(=O)CCN. The van der Waals surface area contributed by atoms with Crippen LogP contribution in [0.1, 0.15) is 13.3 Å². The average Bonchev–Trinajstić information content (AvgIpc) is 2.23. The van der Waals surface area contributed by atoms with Crippen molar-refractivity contribution in [3.8, 4) is 5.75 Å². The van der Waals surface area contributed by atoms with Crippen LogP contribution < -0.4 is 15.8 Å². The van der Waals surface area contributed by atoms with E-state index >= 15 is 0 Å². The summed E-state index contributed by atoms with van der Waals surface area (Å²) in [5, 5.41) is 2.61. The maximum absolute atomic E-state index is 12.9. The second-order valence-corrected chi connectivity index (χ2v) is 3.16. The number of rotatable bonds is 5. The number of carbonyl (C=O) groups excluding carboxylic acids is 1. The summed E-state index contributed by atoms with van der Waals surface area (Å²) >= 11 is 0. The lowest BCUT2D eigenvalue weighted by Crippen LogP contribution is -2.16. The van der Waals surface area contributed by atoms with E-state index in [4.69, 9.17) is 10.5 Å². The van der Waals surface area contributed by atoms with E-state index in [1.54, 1.807) is 6.92 Å². The normalized spacial score (nSPS) is 9.94. The number of amides is 1. The van der Waals surface area contributed by atoms with Crippen molar-refractivity contribution in [2.45, 2.75) is 13.3 Å². The second kappa shape index (κ2) is 6.07. The molecule has 0 atom stereocenters. The molecular formula is C11H15FN2O2. The first-order valence-electron chi connectivity index (χ1n) is 5.09. The third kappa shape index (κ3) is 3.51. The predicted octanol–water partition coefficient (Wildman–Crippen LogP) is 1.51. The number of carbonyl (C=O) groups is 1.